The fourth-order valence-electron chi connectivity index (χ4n) is 4.33. The lowest BCUT2D eigenvalue weighted by Gasteiger charge is -2.23. The molecule has 1 heterocycles. The lowest BCUT2D eigenvalue weighted by molar-refractivity contribution is 0.0616. The van der Waals surface area contributed by atoms with Crippen molar-refractivity contribution >= 4 is 28.8 Å². The van der Waals surface area contributed by atoms with Crippen molar-refractivity contribution in [2.45, 2.75) is 26.2 Å². The van der Waals surface area contributed by atoms with E-state index in [9.17, 15) is 9.59 Å². The van der Waals surface area contributed by atoms with Crippen molar-refractivity contribution in [3.8, 4) is 11.5 Å². The van der Waals surface area contributed by atoms with Gasteiger partial charge in [0.25, 0.3) is 11.8 Å². The summed E-state index contributed by atoms with van der Waals surface area (Å²) < 4.78 is 11.1. The summed E-state index contributed by atoms with van der Waals surface area (Å²) in [5.41, 5.74) is 4.14. The second kappa shape index (κ2) is 7.54. The first-order valence-electron chi connectivity index (χ1n) is 10.4. The summed E-state index contributed by atoms with van der Waals surface area (Å²) in [5.74, 6) is 0.407. The van der Waals surface area contributed by atoms with Crippen LogP contribution in [-0.2, 0) is 12.8 Å². The maximum atomic E-state index is 13.1. The van der Waals surface area contributed by atoms with Crippen LogP contribution in [0.1, 0.15) is 50.8 Å². The highest BCUT2D eigenvalue weighted by molar-refractivity contribution is 6.26. The molecule has 5 rings (SSSR count). The van der Waals surface area contributed by atoms with Crippen LogP contribution >= 0.6 is 0 Å². The summed E-state index contributed by atoms with van der Waals surface area (Å²) in [6, 6.07) is 13.0. The maximum Gasteiger partial charge on any atom is 0.282 e. The molecule has 6 heteroatoms. The van der Waals surface area contributed by atoms with Gasteiger partial charge in [-0.15, -0.1) is 0 Å². The molecule has 3 aromatic rings. The molecule has 3 aromatic carbocycles. The van der Waals surface area contributed by atoms with Crippen LogP contribution in [0.5, 0.6) is 11.5 Å². The van der Waals surface area contributed by atoms with Gasteiger partial charge >= 0.3 is 0 Å². The van der Waals surface area contributed by atoms with Crippen LogP contribution in [0.25, 0.3) is 10.8 Å². The van der Waals surface area contributed by atoms with E-state index in [1.807, 2.05) is 37.3 Å². The zero-order chi connectivity index (χ0) is 21.5. The summed E-state index contributed by atoms with van der Waals surface area (Å²) in [5, 5.41) is 7.02. The molecule has 0 radical (unpaired) electrons. The minimum atomic E-state index is -0.404. The number of ether oxygens (including phenoxy) is 2. The average molecular weight is 414 g/mol. The molecule has 2 amide bonds. The standard InChI is InChI=1S/C25H22N2O4/c1-3-12-31-20-11-4-15(13-21(20)30-2)14-26-27-24(28)18-9-7-16-5-6-17-8-10-19(25(27)29)23(18)22(16)17/h4,7-11,13-14H,3,5-6,12H2,1-2H3. The monoisotopic (exact) mass is 414 g/mol. The molecule has 0 unspecified atom stereocenters. The Balaban J connectivity index is 1.49. The number of methoxy groups -OCH3 is 1. The first-order chi connectivity index (χ1) is 15.1. The molecule has 156 valence electrons. The second-order valence-corrected chi connectivity index (χ2v) is 7.72. The Kier molecular flexibility index (Phi) is 4.70. The van der Waals surface area contributed by atoms with Crippen LogP contribution in [0.4, 0.5) is 0 Å². The number of rotatable bonds is 6. The topological polar surface area (TPSA) is 68.2 Å². The van der Waals surface area contributed by atoms with Gasteiger partial charge in [-0.3, -0.25) is 9.59 Å². The van der Waals surface area contributed by atoms with Crippen LogP contribution in [0, 0.1) is 0 Å². The van der Waals surface area contributed by atoms with Gasteiger partial charge in [0, 0.05) is 5.39 Å². The molecule has 2 aliphatic rings. The summed E-state index contributed by atoms with van der Waals surface area (Å²) >= 11 is 0. The molecule has 0 fully saturated rings. The first-order valence-corrected chi connectivity index (χ1v) is 10.4. The number of hydrogen-bond acceptors (Lipinski definition) is 5. The highest BCUT2D eigenvalue weighted by Gasteiger charge is 2.35. The molecule has 0 N–H and O–H groups in total. The molecule has 1 aliphatic heterocycles. The third kappa shape index (κ3) is 3.06. The van der Waals surface area contributed by atoms with Gasteiger partial charge in [0.1, 0.15) is 0 Å². The van der Waals surface area contributed by atoms with Gasteiger partial charge in [-0.2, -0.15) is 10.1 Å². The molecule has 0 saturated carbocycles. The Hall–Kier alpha value is -3.67. The SMILES string of the molecule is CCCOc1ccc(C=NN2C(=O)c3ccc4c5c(ccc(c35)C2=O)CC4)cc1OC. The Morgan fingerprint density at radius 3 is 2.23 bits per heavy atom. The van der Waals surface area contributed by atoms with E-state index >= 15 is 0 Å². The number of benzene rings is 3. The molecule has 0 spiro atoms. The first kappa shape index (κ1) is 19.3. The van der Waals surface area contributed by atoms with Crippen molar-refractivity contribution in [1.82, 2.24) is 5.01 Å². The molecular weight excluding hydrogens is 392 g/mol. The van der Waals surface area contributed by atoms with Crippen molar-refractivity contribution in [2.24, 2.45) is 5.10 Å². The van der Waals surface area contributed by atoms with Gasteiger partial charge in [-0.1, -0.05) is 19.1 Å². The minimum Gasteiger partial charge on any atom is -0.493 e. The third-order valence-corrected chi connectivity index (χ3v) is 5.81. The Morgan fingerprint density at radius 2 is 1.61 bits per heavy atom. The van der Waals surface area contributed by atoms with E-state index < -0.39 is 11.8 Å². The van der Waals surface area contributed by atoms with E-state index in [1.165, 1.54) is 17.3 Å². The van der Waals surface area contributed by atoms with Gasteiger partial charge in [-0.25, -0.2) is 0 Å². The summed E-state index contributed by atoms with van der Waals surface area (Å²) in [4.78, 5) is 26.2. The van der Waals surface area contributed by atoms with E-state index in [4.69, 9.17) is 9.47 Å². The van der Waals surface area contributed by atoms with E-state index in [-0.39, 0.29) is 0 Å². The Labute approximate surface area is 180 Å². The summed E-state index contributed by atoms with van der Waals surface area (Å²) in [6.07, 6.45) is 4.27. The number of hydrogen-bond donors (Lipinski definition) is 0. The fourth-order valence-corrected chi connectivity index (χ4v) is 4.33. The third-order valence-electron chi connectivity index (χ3n) is 5.81. The highest BCUT2D eigenvalue weighted by Crippen LogP contribution is 2.38. The molecule has 6 nitrogen and oxygen atoms in total. The fraction of sp³-hybridized carbons (Fsp3) is 0.240. The maximum absolute atomic E-state index is 13.1. The lowest BCUT2D eigenvalue weighted by Crippen LogP contribution is -2.36. The van der Waals surface area contributed by atoms with Gasteiger partial charge in [0.2, 0.25) is 0 Å². The Morgan fingerprint density at radius 1 is 0.935 bits per heavy atom. The van der Waals surface area contributed by atoms with Crippen LogP contribution in [0.15, 0.2) is 47.6 Å². The molecular formula is C25H22N2O4. The van der Waals surface area contributed by atoms with Gasteiger partial charge < -0.3 is 9.47 Å². The van der Waals surface area contributed by atoms with Gasteiger partial charge in [0.05, 0.1) is 31.1 Å². The number of hydrazone groups is 1. The number of nitrogens with zero attached hydrogens (tertiary/aromatic N) is 2. The zero-order valence-corrected chi connectivity index (χ0v) is 17.5. The molecule has 0 aromatic heterocycles. The molecule has 31 heavy (non-hydrogen) atoms. The summed E-state index contributed by atoms with van der Waals surface area (Å²) in [6.45, 7) is 2.62. The molecule has 1 aliphatic carbocycles. The van der Waals surface area contributed by atoms with Crippen LogP contribution in [0.2, 0.25) is 0 Å². The number of imide groups is 1. The average Bonchev–Trinajstić information content (AvgIpc) is 3.22. The number of carbonyl (C=O) groups excluding carboxylic acids is 2. The van der Waals surface area contributed by atoms with Crippen molar-refractivity contribution < 1.29 is 19.1 Å². The number of aryl methyl sites for hydroxylation is 2. The predicted molar refractivity (Wildman–Crippen MR) is 118 cm³/mol. The van der Waals surface area contributed by atoms with Crippen molar-refractivity contribution in [3.63, 3.8) is 0 Å². The van der Waals surface area contributed by atoms with Crippen molar-refractivity contribution in [2.75, 3.05) is 13.7 Å². The number of amides is 2. The summed E-state index contributed by atoms with van der Waals surface area (Å²) in [7, 11) is 1.57. The number of carbonyl (C=O) groups is 2. The van der Waals surface area contributed by atoms with Crippen LogP contribution in [0.3, 0.4) is 0 Å². The normalized spacial score (nSPS) is 14.7. The molecule has 0 atom stereocenters. The Bertz CT molecular complexity index is 1200. The van der Waals surface area contributed by atoms with E-state index in [0.717, 1.165) is 35.0 Å². The minimum absolute atomic E-state index is 0.404. The largest absolute Gasteiger partial charge is 0.493 e. The molecule has 0 saturated heterocycles. The van der Waals surface area contributed by atoms with Crippen LogP contribution < -0.4 is 9.47 Å². The van der Waals surface area contributed by atoms with Gasteiger partial charge in [0.15, 0.2) is 11.5 Å². The van der Waals surface area contributed by atoms with Gasteiger partial charge in [-0.05, 0) is 71.7 Å². The molecule has 0 bridgehead atoms. The van der Waals surface area contributed by atoms with E-state index in [0.29, 0.717) is 34.8 Å². The van der Waals surface area contributed by atoms with E-state index in [2.05, 4.69) is 5.10 Å². The quantitative estimate of drug-likeness (QED) is 0.444. The second-order valence-electron chi connectivity index (χ2n) is 7.72. The lowest BCUT2D eigenvalue weighted by atomic mass is 9.92. The zero-order valence-electron chi connectivity index (χ0n) is 17.5. The van der Waals surface area contributed by atoms with Crippen LogP contribution in [-0.4, -0.2) is 36.8 Å². The van der Waals surface area contributed by atoms with E-state index in [1.54, 1.807) is 19.2 Å². The van der Waals surface area contributed by atoms with Crippen molar-refractivity contribution in [3.05, 3.63) is 70.3 Å². The highest BCUT2D eigenvalue weighted by atomic mass is 16.5. The smallest absolute Gasteiger partial charge is 0.282 e. The van der Waals surface area contributed by atoms with Crippen molar-refractivity contribution in [1.29, 1.82) is 0 Å². The predicted octanol–water partition coefficient (Wildman–Crippen LogP) is 4.37.